The highest BCUT2D eigenvalue weighted by atomic mass is 35.5. The van der Waals surface area contributed by atoms with Crippen LogP contribution >= 0.6 is 23.2 Å². The number of amides is 1. The molecule has 0 unspecified atom stereocenters. The standard InChI is InChI=1S/C18H18Cl2N2O4S/c1-26-13-5-7-14(8-6-13)27(24,25)22-11-9-21(10-12-22)18(23)15-3-2-4-16(19)17(15)20/h2-8H,9-12H2,1H3. The number of ether oxygens (including phenoxy) is 1. The minimum Gasteiger partial charge on any atom is -0.497 e. The van der Waals surface area contributed by atoms with Crippen molar-refractivity contribution < 1.29 is 17.9 Å². The van der Waals surface area contributed by atoms with Crippen LogP contribution in [-0.4, -0.2) is 56.8 Å². The van der Waals surface area contributed by atoms with Gasteiger partial charge in [0.05, 0.1) is 27.6 Å². The first-order valence-corrected chi connectivity index (χ1v) is 10.4. The predicted octanol–water partition coefficient (Wildman–Crippen LogP) is 3.15. The van der Waals surface area contributed by atoms with Crippen LogP contribution < -0.4 is 4.74 Å². The first-order valence-electron chi connectivity index (χ1n) is 8.22. The molecule has 6 nitrogen and oxygen atoms in total. The summed E-state index contributed by atoms with van der Waals surface area (Å²) >= 11 is 12.1. The maximum Gasteiger partial charge on any atom is 0.255 e. The van der Waals surface area contributed by atoms with Gasteiger partial charge in [-0.3, -0.25) is 4.79 Å². The van der Waals surface area contributed by atoms with Crippen LogP contribution in [0.15, 0.2) is 47.4 Å². The van der Waals surface area contributed by atoms with Gasteiger partial charge in [-0.05, 0) is 36.4 Å². The van der Waals surface area contributed by atoms with Crippen LogP contribution in [0, 0.1) is 0 Å². The van der Waals surface area contributed by atoms with E-state index >= 15 is 0 Å². The zero-order chi connectivity index (χ0) is 19.6. The van der Waals surface area contributed by atoms with Crippen molar-refractivity contribution in [3.05, 3.63) is 58.1 Å². The molecule has 1 amide bonds. The van der Waals surface area contributed by atoms with Gasteiger partial charge >= 0.3 is 0 Å². The second kappa shape index (κ2) is 8.06. The third-order valence-electron chi connectivity index (χ3n) is 4.41. The number of sulfonamides is 1. The Bertz CT molecular complexity index is 940. The highest BCUT2D eigenvalue weighted by molar-refractivity contribution is 7.89. The topological polar surface area (TPSA) is 66.9 Å². The fraction of sp³-hybridized carbons (Fsp3) is 0.278. The van der Waals surface area contributed by atoms with Gasteiger partial charge in [0.1, 0.15) is 5.75 Å². The molecule has 0 radical (unpaired) electrons. The molecule has 144 valence electrons. The average molecular weight is 429 g/mol. The molecule has 27 heavy (non-hydrogen) atoms. The molecule has 0 atom stereocenters. The van der Waals surface area contributed by atoms with Crippen molar-refractivity contribution in [3.63, 3.8) is 0 Å². The van der Waals surface area contributed by atoms with Crippen LogP contribution in [-0.2, 0) is 10.0 Å². The summed E-state index contributed by atoms with van der Waals surface area (Å²) in [6.45, 7) is 0.963. The van der Waals surface area contributed by atoms with Crippen LogP contribution in [0.25, 0.3) is 0 Å². The number of nitrogens with zero attached hydrogens (tertiary/aromatic N) is 2. The molecule has 0 spiro atoms. The normalized spacial score (nSPS) is 15.6. The summed E-state index contributed by atoms with van der Waals surface area (Å²) in [6, 6.07) is 11.1. The van der Waals surface area contributed by atoms with E-state index in [4.69, 9.17) is 27.9 Å². The SMILES string of the molecule is COc1ccc(S(=O)(=O)N2CCN(C(=O)c3cccc(Cl)c3Cl)CC2)cc1. The summed E-state index contributed by atoms with van der Waals surface area (Å²) in [5.41, 5.74) is 0.315. The van der Waals surface area contributed by atoms with Crippen molar-refractivity contribution in [1.29, 1.82) is 0 Å². The Morgan fingerprint density at radius 3 is 2.22 bits per heavy atom. The second-order valence-electron chi connectivity index (χ2n) is 5.97. The smallest absolute Gasteiger partial charge is 0.255 e. The van der Waals surface area contributed by atoms with Gasteiger partial charge < -0.3 is 9.64 Å². The van der Waals surface area contributed by atoms with Crippen molar-refractivity contribution in [3.8, 4) is 5.75 Å². The van der Waals surface area contributed by atoms with Gasteiger partial charge in [0, 0.05) is 26.2 Å². The molecule has 1 heterocycles. The van der Waals surface area contributed by atoms with Gasteiger partial charge in [-0.25, -0.2) is 8.42 Å². The number of halogens is 2. The van der Waals surface area contributed by atoms with E-state index in [1.165, 1.54) is 23.5 Å². The number of methoxy groups -OCH3 is 1. The molecule has 2 aromatic carbocycles. The molecule has 9 heteroatoms. The monoisotopic (exact) mass is 428 g/mol. The van der Waals surface area contributed by atoms with Gasteiger partial charge in [0.25, 0.3) is 5.91 Å². The summed E-state index contributed by atoms with van der Waals surface area (Å²) in [7, 11) is -2.10. The number of rotatable bonds is 4. The number of benzene rings is 2. The zero-order valence-electron chi connectivity index (χ0n) is 14.6. The fourth-order valence-corrected chi connectivity index (χ4v) is 4.67. The van der Waals surface area contributed by atoms with Crippen LogP contribution in [0.3, 0.4) is 0 Å². The molecular weight excluding hydrogens is 411 g/mol. The molecule has 0 N–H and O–H groups in total. The van der Waals surface area contributed by atoms with Gasteiger partial charge in [0.15, 0.2) is 0 Å². The molecule has 0 bridgehead atoms. The lowest BCUT2D eigenvalue weighted by Crippen LogP contribution is -2.50. The Balaban J connectivity index is 1.70. The summed E-state index contributed by atoms with van der Waals surface area (Å²) in [5, 5.41) is 0.515. The Kier molecular flexibility index (Phi) is 5.95. The highest BCUT2D eigenvalue weighted by Gasteiger charge is 2.31. The van der Waals surface area contributed by atoms with Crippen molar-refractivity contribution in [1.82, 2.24) is 9.21 Å². The molecule has 0 saturated carbocycles. The maximum absolute atomic E-state index is 12.8. The lowest BCUT2D eigenvalue weighted by Gasteiger charge is -2.34. The summed E-state index contributed by atoms with van der Waals surface area (Å²) in [5.74, 6) is 0.326. The van der Waals surface area contributed by atoms with Crippen molar-refractivity contribution in [2.24, 2.45) is 0 Å². The lowest BCUT2D eigenvalue weighted by molar-refractivity contribution is 0.0698. The number of piperazine rings is 1. The Labute approximate surface area is 168 Å². The van der Waals surface area contributed by atoms with E-state index in [-0.39, 0.29) is 42.0 Å². The zero-order valence-corrected chi connectivity index (χ0v) is 16.9. The van der Waals surface area contributed by atoms with Gasteiger partial charge in [-0.1, -0.05) is 29.3 Å². The van der Waals surface area contributed by atoms with E-state index < -0.39 is 10.0 Å². The van der Waals surface area contributed by atoms with Crippen LogP contribution in [0.4, 0.5) is 0 Å². The molecule has 2 aromatic rings. The number of carbonyl (C=O) groups excluding carboxylic acids is 1. The molecule has 1 aliphatic heterocycles. The Hall–Kier alpha value is -1.80. The second-order valence-corrected chi connectivity index (χ2v) is 8.70. The fourth-order valence-electron chi connectivity index (χ4n) is 2.87. The predicted molar refractivity (Wildman–Crippen MR) is 104 cm³/mol. The third-order valence-corrected chi connectivity index (χ3v) is 7.14. The lowest BCUT2D eigenvalue weighted by atomic mass is 10.2. The van der Waals surface area contributed by atoms with Crippen molar-refractivity contribution in [2.75, 3.05) is 33.3 Å². The molecule has 3 rings (SSSR count). The number of carbonyl (C=O) groups is 1. The van der Waals surface area contributed by atoms with E-state index in [9.17, 15) is 13.2 Å². The Morgan fingerprint density at radius 1 is 1.00 bits per heavy atom. The van der Waals surface area contributed by atoms with Gasteiger partial charge in [0.2, 0.25) is 10.0 Å². The van der Waals surface area contributed by atoms with Crippen molar-refractivity contribution in [2.45, 2.75) is 4.90 Å². The van der Waals surface area contributed by atoms with E-state index in [0.29, 0.717) is 16.3 Å². The largest absolute Gasteiger partial charge is 0.497 e. The Morgan fingerprint density at radius 2 is 1.63 bits per heavy atom. The number of hydrogen-bond donors (Lipinski definition) is 0. The molecule has 0 aliphatic carbocycles. The third kappa shape index (κ3) is 4.06. The van der Waals surface area contributed by atoms with Crippen molar-refractivity contribution >= 4 is 39.1 Å². The van der Waals surface area contributed by atoms with Gasteiger partial charge in [-0.15, -0.1) is 0 Å². The maximum atomic E-state index is 12.8. The molecular formula is C18H18Cl2N2O4S. The van der Waals surface area contributed by atoms with Crippen LogP contribution in [0.5, 0.6) is 5.75 Å². The summed E-state index contributed by atoms with van der Waals surface area (Å²) < 4.78 is 32.0. The minimum absolute atomic E-state index is 0.195. The van der Waals surface area contributed by atoms with Crippen LogP contribution in [0.1, 0.15) is 10.4 Å². The van der Waals surface area contributed by atoms with E-state index in [2.05, 4.69) is 0 Å². The summed E-state index contributed by atoms with van der Waals surface area (Å²) in [6.07, 6.45) is 0. The quantitative estimate of drug-likeness (QED) is 0.749. The molecule has 1 fully saturated rings. The summed E-state index contributed by atoms with van der Waals surface area (Å²) in [4.78, 5) is 14.4. The number of hydrogen-bond acceptors (Lipinski definition) is 4. The van der Waals surface area contributed by atoms with Gasteiger partial charge in [-0.2, -0.15) is 4.31 Å². The molecule has 1 aliphatic rings. The minimum atomic E-state index is -3.62. The van der Waals surface area contributed by atoms with E-state index in [0.717, 1.165) is 0 Å². The van der Waals surface area contributed by atoms with E-state index in [1.54, 1.807) is 35.2 Å². The average Bonchev–Trinajstić information content (AvgIpc) is 2.69. The molecule has 1 saturated heterocycles. The molecule has 0 aromatic heterocycles. The van der Waals surface area contributed by atoms with Crippen LogP contribution in [0.2, 0.25) is 10.0 Å². The first-order chi connectivity index (χ1) is 12.8. The first kappa shape index (κ1) is 19.9. The highest BCUT2D eigenvalue weighted by Crippen LogP contribution is 2.27. The van der Waals surface area contributed by atoms with E-state index in [1.807, 2.05) is 0 Å².